The fourth-order valence-electron chi connectivity index (χ4n) is 5.54. The molecule has 208 valence electrons. The number of fused-ring (bicyclic) bond motifs is 1. The van der Waals surface area contributed by atoms with Gasteiger partial charge in [-0.25, -0.2) is 0 Å². The fraction of sp³-hybridized carbons (Fsp3) is 0.516. The minimum Gasteiger partial charge on any atom is -0.497 e. The van der Waals surface area contributed by atoms with Gasteiger partial charge in [0.05, 0.1) is 25.6 Å². The highest BCUT2D eigenvalue weighted by Gasteiger charge is 2.36. The zero-order chi connectivity index (χ0) is 27.8. The molecule has 0 bridgehead atoms. The number of methoxy groups -OCH3 is 1. The lowest BCUT2D eigenvalue weighted by atomic mass is 9.87. The average molecular weight is 533 g/mol. The average Bonchev–Trinajstić information content (AvgIpc) is 3.36. The van der Waals surface area contributed by atoms with Gasteiger partial charge in [0.15, 0.2) is 0 Å². The maximum Gasteiger partial charge on any atom is 0.241 e. The molecule has 0 radical (unpaired) electrons. The zero-order valence-corrected chi connectivity index (χ0v) is 23.9. The summed E-state index contributed by atoms with van der Waals surface area (Å²) in [6.45, 7) is 12.8. The predicted molar refractivity (Wildman–Crippen MR) is 150 cm³/mol. The van der Waals surface area contributed by atoms with Crippen molar-refractivity contribution in [1.82, 2.24) is 20.4 Å². The molecule has 3 heterocycles. The number of nitrogens with zero attached hydrogens (tertiary/aromatic N) is 3. The molecule has 2 unspecified atom stereocenters. The second-order valence-electron chi connectivity index (χ2n) is 12.4. The highest BCUT2D eigenvalue weighted by molar-refractivity contribution is 5.79. The summed E-state index contributed by atoms with van der Waals surface area (Å²) in [6, 6.07) is 14.0. The van der Waals surface area contributed by atoms with Crippen molar-refractivity contribution in [2.75, 3.05) is 20.2 Å². The van der Waals surface area contributed by atoms with Crippen LogP contribution in [0, 0.1) is 5.92 Å². The Kier molecular flexibility index (Phi) is 7.42. The summed E-state index contributed by atoms with van der Waals surface area (Å²) in [5, 5.41) is 7.53. The molecule has 39 heavy (non-hydrogen) atoms. The Morgan fingerprint density at radius 2 is 1.95 bits per heavy atom. The third-order valence-corrected chi connectivity index (χ3v) is 7.70. The molecule has 2 atom stereocenters. The van der Waals surface area contributed by atoms with E-state index in [0.29, 0.717) is 31.2 Å². The topological polar surface area (TPSA) is 89.7 Å². The molecule has 1 fully saturated rings. The number of nitrogens with one attached hydrogen (secondary N) is 1. The first-order valence-corrected chi connectivity index (χ1v) is 13.8. The molecule has 1 amide bonds. The maximum atomic E-state index is 13.5. The molecule has 1 saturated heterocycles. The minimum atomic E-state index is -0.374. The van der Waals surface area contributed by atoms with E-state index in [1.165, 1.54) is 5.56 Å². The van der Waals surface area contributed by atoms with Gasteiger partial charge >= 0.3 is 0 Å². The van der Waals surface area contributed by atoms with Crippen LogP contribution in [-0.2, 0) is 16.8 Å². The van der Waals surface area contributed by atoms with Crippen LogP contribution >= 0.6 is 0 Å². The van der Waals surface area contributed by atoms with Gasteiger partial charge in [0.2, 0.25) is 17.6 Å². The lowest BCUT2D eigenvalue weighted by Crippen LogP contribution is -2.46. The summed E-state index contributed by atoms with van der Waals surface area (Å²) in [4.78, 5) is 20.3. The van der Waals surface area contributed by atoms with Crippen LogP contribution in [0.4, 0.5) is 0 Å². The summed E-state index contributed by atoms with van der Waals surface area (Å²) >= 11 is 0. The van der Waals surface area contributed by atoms with Gasteiger partial charge in [-0.3, -0.25) is 9.69 Å². The highest BCUT2D eigenvalue weighted by atomic mass is 16.5. The van der Waals surface area contributed by atoms with Crippen molar-refractivity contribution in [1.29, 1.82) is 0 Å². The Labute approximate surface area is 231 Å². The van der Waals surface area contributed by atoms with Crippen molar-refractivity contribution in [3.63, 3.8) is 0 Å². The summed E-state index contributed by atoms with van der Waals surface area (Å²) in [5.41, 5.74) is 2.88. The first-order valence-electron chi connectivity index (χ1n) is 13.8. The number of ether oxygens (including phenoxy) is 2. The van der Waals surface area contributed by atoms with E-state index in [-0.39, 0.29) is 28.9 Å². The second-order valence-corrected chi connectivity index (χ2v) is 12.4. The number of hydrogen-bond donors (Lipinski definition) is 1. The van der Waals surface area contributed by atoms with Crippen LogP contribution in [0.25, 0.3) is 11.4 Å². The number of carbonyl (C=O) groups excluding carboxylic acids is 1. The third kappa shape index (κ3) is 6.27. The van der Waals surface area contributed by atoms with E-state index < -0.39 is 0 Å². The lowest BCUT2D eigenvalue weighted by molar-refractivity contribution is -0.128. The van der Waals surface area contributed by atoms with Crippen molar-refractivity contribution in [3.8, 4) is 22.9 Å². The lowest BCUT2D eigenvalue weighted by Gasteiger charge is -2.39. The normalized spacial score (nSPS) is 21.1. The third-order valence-electron chi connectivity index (χ3n) is 7.70. The minimum absolute atomic E-state index is 0.0707. The molecular formula is C31H40N4O4. The van der Waals surface area contributed by atoms with Crippen molar-refractivity contribution in [2.24, 2.45) is 5.92 Å². The largest absolute Gasteiger partial charge is 0.497 e. The standard InChI is InChI=1S/C31H40N4O4/c1-30(2,3)22-11-9-20(10-12-22)28-33-27(39-34-28)19-35-15-7-8-21(18-35)29(36)32-25-17-31(4,5)38-26-14-13-23(37-6)16-24(25)26/h9-14,16,21,25H,7-8,15,17-19H2,1-6H3,(H,32,36). The summed E-state index contributed by atoms with van der Waals surface area (Å²) in [6.07, 6.45) is 2.49. The van der Waals surface area contributed by atoms with Gasteiger partial charge in [0, 0.05) is 24.1 Å². The van der Waals surface area contributed by atoms with Gasteiger partial charge in [-0.15, -0.1) is 0 Å². The fourth-order valence-corrected chi connectivity index (χ4v) is 5.54. The van der Waals surface area contributed by atoms with E-state index in [9.17, 15) is 4.79 Å². The number of hydrogen-bond acceptors (Lipinski definition) is 7. The molecule has 8 nitrogen and oxygen atoms in total. The molecule has 1 N–H and O–H groups in total. The highest BCUT2D eigenvalue weighted by Crippen LogP contribution is 2.41. The Bertz CT molecular complexity index is 1310. The smallest absolute Gasteiger partial charge is 0.241 e. The van der Waals surface area contributed by atoms with Crippen molar-refractivity contribution in [3.05, 3.63) is 59.5 Å². The van der Waals surface area contributed by atoms with Crippen LogP contribution in [0.3, 0.4) is 0 Å². The molecule has 1 aromatic heterocycles. The molecule has 5 rings (SSSR count). The van der Waals surface area contributed by atoms with E-state index in [2.05, 4.69) is 67.1 Å². The number of piperidine rings is 1. The first kappa shape index (κ1) is 27.2. The molecule has 8 heteroatoms. The molecule has 2 aliphatic rings. The number of likely N-dealkylation sites (tertiary alicyclic amines) is 1. The van der Waals surface area contributed by atoms with Crippen LogP contribution < -0.4 is 14.8 Å². The van der Waals surface area contributed by atoms with Crippen LogP contribution in [0.15, 0.2) is 47.0 Å². The van der Waals surface area contributed by atoms with Crippen LogP contribution in [0.5, 0.6) is 11.5 Å². The Morgan fingerprint density at radius 3 is 2.67 bits per heavy atom. The van der Waals surface area contributed by atoms with Gasteiger partial charge in [0.25, 0.3) is 0 Å². The summed E-state index contributed by atoms with van der Waals surface area (Å²) in [5.74, 6) is 2.67. The molecule has 2 aliphatic heterocycles. The number of carbonyl (C=O) groups is 1. The van der Waals surface area contributed by atoms with Crippen LogP contribution in [0.1, 0.15) is 76.9 Å². The molecule has 2 aromatic carbocycles. The summed E-state index contributed by atoms with van der Waals surface area (Å²) < 4.78 is 17.2. The molecule has 0 saturated carbocycles. The quantitative estimate of drug-likeness (QED) is 0.437. The maximum absolute atomic E-state index is 13.5. The Hall–Kier alpha value is -3.39. The number of rotatable bonds is 6. The Morgan fingerprint density at radius 1 is 1.18 bits per heavy atom. The van der Waals surface area contributed by atoms with Crippen molar-refractivity contribution < 1.29 is 18.8 Å². The first-order chi connectivity index (χ1) is 18.5. The van der Waals surface area contributed by atoms with Crippen molar-refractivity contribution in [2.45, 2.75) is 77.5 Å². The summed E-state index contributed by atoms with van der Waals surface area (Å²) in [7, 11) is 1.65. The number of benzene rings is 2. The van der Waals surface area contributed by atoms with Gasteiger partial charge in [0.1, 0.15) is 17.1 Å². The number of amides is 1. The van der Waals surface area contributed by atoms with Gasteiger partial charge in [-0.2, -0.15) is 4.98 Å². The van der Waals surface area contributed by atoms with Gasteiger partial charge in [-0.1, -0.05) is 50.2 Å². The second kappa shape index (κ2) is 10.6. The van der Waals surface area contributed by atoms with E-state index in [1.54, 1.807) is 7.11 Å². The molecular weight excluding hydrogens is 492 g/mol. The van der Waals surface area contributed by atoms with Gasteiger partial charge in [-0.05, 0) is 62.4 Å². The van der Waals surface area contributed by atoms with E-state index in [1.807, 2.05) is 30.3 Å². The van der Waals surface area contributed by atoms with Crippen LogP contribution in [-0.4, -0.2) is 46.7 Å². The predicted octanol–water partition coefficient (Wildman–Crippen LogP) is 5.67. The van der Waals surface area contributed by atoms with Gasteiger partial charge < -0.3 is 19.3 Å². The van der Waals surface area contributed by atoms with E-state index in [0.717, 1.165) is 42.0 Å². The monoisotopic (exact) mass is 532 g/mol. The molecule has 0 aliphatic carbocycles. The zero-order valence-electron chi connectivity index (χ0n) is 23.9. The van der Waals surface area contributed by atoms with Crippen LogP contribution in [0.2, 0.25) is 0 Å². The number of aromatic nitrogens is 2. The van der Waals surface area contributed by atoms with Crippen molar-refractivity contribution >= 4 is 5.91 Å². The Balaban J connectivity index is 1.22. The molecule has 0 spiro atoms. The SMILES string of the molecule is COc1ccc2c(c1)C(NC(=O)C1CCCN(Cc3nc(-c4ccc(C(C)(C)C)cc4)no3)C1)CC(C)(C)O2. The van der Waals surface area contributed by atoms with E-state index in [4.69, 9.17) is 14.0 Å². The molecule has 3 aromatic rings. The van der Waals surface area contributed by atoms with E-state index >= 15 is 0 Å².